The number of aliphatic hydroxyl groups is 4. The first kappa shape index (κ1) is 16.9. The summed E-state index contributed by atoms with van der Waals surface area (Å²) in [5.41, 5.74) is -0.633. The lowest BCUT2D eigenvalue weighted by Crippen LogP contribution is -2.59. The summed E-state index contributed by atoms with van der Waals surface area (Å²) in [6, 6.07) is 2.57. The van der Waals surface area contributed by atoms with Gasteiger partial charge in [-0.15, -0.1) is 0 Å². The quantitative estimate of drug-likeness (QED) is 0.483. The molecule has 9 nitrogen and oxygen atoms in total. The number of hydrogen-bond acceptors (Lipinski definition) is 9. The molecule has 1 saturated heterocycles. The van der Waals surface area contributed by atoms with E-state index >= 15 is 0 Å². The summed E-state index contributed by atoms with van der Waals surface area (Å²) in [6.07, 6.45) is -6.88. The van der Waals surface area contributed by atoms with Crippen molar-refractivity contribution in [2.24, 2.45) is 0 Å². The van der Waals surface area contributed by atoms with E-state index in [1.54, 1.807) is 0 Å². The lowest BCUT2D eigenvalue weighted by Gasteiger charge is -2.39. The van der Waals surface area contributed by atoms with E-state index < -0.39 is 42.9 Å². The van der Waals surface area contributed by atoms with E-state index in [4.69, 9.17) is 23.7 Å². The largest absolute Gasteiger partial charge is 0.496 e. The summed E-state index contributed by atoms with van der Waals surface area (Å²) < 4.78 is 20.2. The molecule has 22 heavy (non-hydrogen) atoms. The molecule has 0 aromatic carbocycles. The highest BCUT2D eigenvalue weighted by Crippen LogP contribution is 2.23. The van der Waals surface area contributed by atoms with Gasteiger partial charge in [0.2, 0.25) is 0 Å². The average molecular weight is 318 g/mol. The third-order valence-electron chi connectivity index (χ3n) is 3.27. The summed E-state index contributed by atoms with van der Waals surface area (Å²) >= 11 is 0. The number of aliphatic hydroxyl groups excluding tert-OH is 4. The Bertz CT molecular complexity index is 541. The fourth-order valence-corrected chi connectivity index (χ4v) is 2.06. The molecule has 1 aromatic rings. The van der Waals surface area contributed by atoms with Crippen molar-refractivity contribution in [2.75, 3.05) is 13.7 Å². The minimum Gasteiger partial charge on any atom is -0.496 e. The van der Waals surface area contributed by atoms with Gasteiger partial charge in [-0.05, 0) is 0 Å². The maximum atomic E-state index is 11.3. The lowest BCUT2D eigenvalue weighted by atomic mass is 9.99. The average Bonchev–Trinajstić information content (AvgIpc) is 2.51. The Labute approximate surface area is 125 Å². The fourth-order valence-electron chi connectivity index (χ4n) is 2.06. The first-order valence-electron chi connectivity index (χ1n) is 6.56. The molecule has 0 saturated carbocycles. The maximum absolute atomic E-state index is 11.3. The van der Waals surface area contributed by atoms with Crippen LogP contribution in [0, 0.1) is 0 Å². The number of rotatable bonds is 5. The van der Waals surface area contributed by atoms with Crippen LogP contribution in [0.25, 0.3) is 0 Å². The zero-order valence-corrected chi connectivity index (χ0v) is 11.8. The SMILES string of the molecule is COc1cc(CO[C@H]2O[C@H](CO)[C@H](O)[C@@H](O)[C@H]2O)oc(=O)c1. The van der Waals surface area contributed by atoms with Crippen LogP contribution in [0.15, 0.2) is 21.3 Å². The molecule has 124 valence electrons. The molecule has 1 aromatic heterocycles. The van der Waals surface area contributed by atoms with Crippen LogP contribution in [0.2, 0.25) is 0 Å². The van der Waals surface area contributed by atoms with Gasteiger partial charge >= 0.3 is 5.63 Å². The van der Waals surface area contributed by atoms with Gasteiger partial charge in [0.25, 0.3) is 0 Å². The van der Waals surface area contributed by atoms with E-state index in [9.17, 15) is 20.1 Å². The predicted molar refractivity (Wildman–Crippen MR) is 70.1 cm³/mol. The second-order valence-corrected chi connectivity index (χ2v) is 4.79. The van der Waals surface area contributed by atoms with Crippen LogP contribution in [0.5, 0.6) is 5.75 Å². The summed E-state index contributed by atoms with van der Waals surface area (Å²) in [7, 11) is 1.39. The van der Waals surface area contributed by atoms with Crippen molar-refractivity contribution in [1.82, 2.24) is 0 Å². The van der Waals surface area contributed by atoms with Crippen LogP contribution in [0.1, 0.15) is 5.76 Å². The fraction of sp³-hybridized carbons (Fsp3) is 0.615. The van der Waals surface area contributed by atoms with Crippen molar-refractivity contribution in [3.63, 3.8) is 0 Å². The molecule has 1 aliphatic rings. The van der Waals surface area contributed by atoms with E-state index in [1.807, 2.05) is 0 Å². The molecule has 2 rings (SSSR count). The summed E-state index contributed by atoms with van der Waals surface area (Å²) in [6.45, 7) is -0.797. The van der Waals surface area contributed by atoms with Crippen LogP contribution >= 0.6 is 0 Å². The predicted octanol–water partition coefficient (Wildman–Crippen LogP) is -2.04. The molecule has 4 N–H and O–H groups in total. The smallest absolute Gasteiger partial charge is 0.339 e. The van der Waals surface area contributed by atoms with Crippen LogP contribution in [-0.4, -0.2) is 64.8 Å². The van der Waals surface area contributed by atoms with E-state index in [0.29, 0.717) is 0 Å². The standard InChI is InChI=1S/C13H18O9/c1-19-6-2-7(21-9(15)3-6)5-20-13-12(18)11(17)10(16)8(4-14)22-13/h2-3,8,10-14,16-18H,4-5H2,1H3/t8-,10+,11-,12-,13+/m1/s1. The van der Waals surface area contributed by atoms with Gasteiger partial charge in [0.1, 0.15) is 42.5 Å². The van der Waals surface area contributed by atoms with Crippen molar-refractivity contribution in [3.8, 4) is 5.75 Å². The normalized spacial score (nSPS) is 32.0. The molecule has 0 amide bonds. The molecule has 0 radical (unpaired) electrons. The molecule has 9 heteroatoms. The van der Waals surface area contributed by atoms with Crippen molar-refractivity contribution in [1.29, 1.82) is 0 Å². The first-order chi connectivity index (χ1) is 10.5. The molecule has 0 bridgehead atoms. The zero-order chi connectivity index (χ0) is 16.3. The molecule has 2 heterocycles. The van der Waals surface area contributed by atoms with Crippen LogP contribution in [0.4, 0.5) is 0 Å². The Morgan fingerprint density at radius 3 is 2.55 bits per heavy atom. The Morgan fingerprint density at radius 2 is 1.91 bits per heavy atom. The minimum atomic E-state index is -1.53. The van der Waals surface area contributed by atoms with E-state index in [0.717, 1.165) is 6.07 Å². The first-order valence-corrected chi connectivity index (χ1v) is 6.56. The molecule has 1 fully saturated rings. The minimum absolute atomic E-state index is 0.126. The molecule has 5 atom stereocenters. The molecule has 0 aliphatic carbocycles. The number of methoxy groups -OCH3 is 1. The van der Waals surface area contributed by atoms with Crippen LogP contribution in [0.3, 0.4) is 0 Å². The highest BCUT2D eigenvalue weighted by molar-refractivity contribution is 5.19. The second kappa shape index (κ2) is 7.18. The van der Waals surface area contributed by atoms with Gasteiger partial charge in [0.05, 0.1) is 19.8 Å². The van der Waals surface area contributed by atoms with Gasteiger partial charge < -0.3 is 39.1 Å². The zero-order valence-electron chi connectivity index (χ0n) is 11.8. The molecular weight excluding hydrogens is 300 g/mol. The van der Waals surface area contributed by atoms with Crippen molar-refractivity contribution in [3.05, 3.63) is 28.3 Å². The van der Waals surface area contributed by atoms with Gasteiger partial charge in [-0.1, -0.05) is 0 Å². The molecule has 1 aliphatic heterocycles. The van der Waals surface area contributed by atoms with E-state index in [1.165, 1.54) is 13.2 Å². The van der Waals surface area contributed by atoms with Gasteiger partial charge in [-0.2, -0.15) is 0 Å². The molecular formula is C13H18O9. The van der Waals surface area contributed by atoms with Gasteiger partial charge in [0.15, 0.2) is 6.29 Å². The van der Waals surface area contributed by atoms with Crippen LogP contribution in [-0.2, 0) is 16.1 Å². The molecule has 0 spiro atoms. The van der Waals surface area contributed by atoms with Crippen molar-refractivity contribution in [2.45, 2.75) is 37.3 Å². The highest BCUT2D eigenvalue weighted by atomic mass is 16.7. The second-order valence-electron chi connectivity index (χ2n) is 4.79. The van der Waals surface area contributed by atoms with E-state index in [2.05, 4.69) is 0 Å². The van der Waals surface area contributed by atoms with Crippen molar-refractivity contribution < 1.29 is 39.1 Å². The van der Waals surface area contributed by atoms with Gasteiger partial charge in [0, 0.05) is 6.07 Å². The van der Waals surface area contributed by atoms with E-state index in [-0.39, 0.29) is 18.1 Å². The Morgan fingerprint density at radius 1 is 1.18 bits per heavy atom. The molecule has 0 unspecified atom stereocenters. The lowest BCUT2D eigenvalue weighted by molar-refractivity contribution is -0.304. The third-order valence-corrected chi connectivity index (χ3v) is 3.27. The summed E-state index contributed by atoms with van der Waals surface area (Å²) in [4.78, 5) is 11.3. The maximum Gasteiger partial charge on any atom is 0.339 e. The Kier molecular flexibility index (Phi) is 5.51. The third kappa shape index (κ3) is 3.64. The summed E-state index contributed by atoms with van der Waals surface area (Å²) in [5, 5.41) is 38.1. The topological polar surface area (TPSA) is 139 Å². The Hall–Kier alpha value is -1.49. The number of hydrogen-bond donors (Lipinski definition) is 4. The van der Waals surface area contributed by atoms with Crippen LogP contribution < -0.4 is 10.4 Å². The summed E-state index contributed by atoms with van der Waals surface area (Å²) in [5.74, 6) is 0.407. The van der Waals surface area contributed by atoms with Gasteiger partial charge in [-0.3, -0.25) is 0 Å². The Balaban J connectivity index is 2.04. The monoisotopic (exact) mass is 318 g/mol. The highest BCUT2D eigenvalue weighted by Gasteiger charge is 2.44. The van der Waals surface area contributed by atoms with Crippen molar-refractivity contribution >= 4 is 0 Å². The van der Waals surface area contributed by atoms with Gasteiger partial charge in [-0.25, -0.2) is 4.79 Å². The number of ether oxygens (including phenoxy) is 3.